The Balaban J connectivity index is 0.000000173. The lowest BCUT2D eigenvalue weighted by atomic mass is 10.2. The number of nitrogens with two attached hydrogens (primary N) is 3. The number of hydrogen-bond donors (Lipinski definition) is 3. The zero-order chi connectivity index (χ0) is 17.1. The van der Waals surface area contributed by atoms with E-state index in [1.807, 2.05) is 92.7 Å². The lowest BCUT2D eigenvalue weighted by Gasteiger charge is -1.93. The minimum atomic E-state index is 0.822. The van der Waals surface area contributed by atoms with Gasteiger partial charge in [-0.15, -0.1) is 0 Å². The van der Waals surface area contributed by atoms with Crippen molar-refractivity contribution in [2.75, 3.05) is 17.2 Å². The molecule has 0 aromatic heterocycles. The maximum atomic E-state index is 5.52. The minimum Gasteiger partial charge on any atom is -0.399 e. The summed E-state index contributed by atoms with van der Waals surface area (Å²) in [6.45, 7) is 4.04. The van der Waals surface area contributed by atoms with E-state index in [1.54, 1.807) is 0 Å². The highest BCUT2D eigenvalue weighted by Crippen LogP contribution is 2.06. The predicted molar refractivity (Wildman–Crippen MR) is 102 cm³/mol. The number of nitrogen functional groups attached to an aromatic ring is 3. The highest BCUT2D eigenvalue weighted by atomic mass is 14.5. The van der Waals surface area contributed by atoms with Crippen molar-refractivity contribution in [1.29, 1.82) is 0 Å². The van der Waals surface area contributed by atoms with Crippen LogP contribution in [0.4, 0.5) is 17.1 Å². The summed E-state index contributed by atoms with van der Waals surface area (Å²) in [6, 6.07) is 25.1. The van der Waals surface area contributed by atoms with Crippen molar-refractivity contribution in [3.63, 3.8) is 0 Å². The Hall–Kier alpha value is -2.94. The van der Waals surface area contributed by atoms with Crippen LogP contribution in [0.15, 0.2) is 78.9 Å². The van der Waals surface area contributed by atoms with E-state index < -0.39 is 0 Å². The van der Waals surface area contributed by atoms with Crippen LogP contribution in [0.2, 0.25) is 0 Å². The molecule has 0 heterocycles. The number of para-hydroxylation sites is 2. The smallest absolute Gasteiger partial charge is 0.0343 e. The van der Waals surface area contributed by atoms with Gasteiger partial charge in [-0.25, -0.2) is 0 Å². The molecule has 0 saturated carbocycles. The van der Waals surface area contributed by atoms with Gasteiger partial charge in [-0.1, -0.05) is 54.1 Å². The highest BCUT2D eigenvalue weighted by Gasteiger charge is 1.84. The van der Waals surface area contributed by atoms with Gasteiger partial charge in [0, 0.05) is 17.1 Å². The van der Waals surface area contributed by atoms with Crippen molar-refractivity contribution >= 4 is 17.1 Å². The molecule has 3 heteroatoms. The average molecular weight is 307 g/mol. The third-order valence-electron chi connectivity index (χ3n) is 3.07. The first kappa shape index (κ1) is 18.1. The molecule has 0 aliphatic rings. The van der Waals surface area contributed by atoms with E-state index in [9.17, 15) is 0 Å². The SMILES string of the molecule is Cc1ccc(N)cc1.Cc1ccccc1N.Nc1ccccc1. The molecule has 23 heavy (non-hydrogen) atoms. The maximum absolute atomic E-state index is 5.52. The Bertz CT molecular complexity index is 635. The summed E-state index contributed by atoms with van der Waals surface area (Å²) in [5, 5.41) is 0. The van der Waals surface area contributed by atoms with Crippen LogP contribution in [0.25, 0.3) is 0 Å². The van der Waals surface area contributed by atoms with E-state index in [0.717, 1.165) is 22.6 Å². The maximum Gasteiger partial charge on any atom is 0.0343 e. The molecule has 0 amide bonds. The quantitative estimate of drug-likeness (QED) is 0.538. The van der Waals surface area contributed by atoms with E-state index in [2.05, 4.69) is 0 Å². The molecular formula is C20H25N3. The van der Waals surface area contributed by atoms with E-state index in [4.69, 9.17) is 17.2 Å². The fraction of sp³-hybridized carbons (Fsp3) is 0.100. The van der Waals surface area contributed by atoms with Gasteiger partial charge in [0.15, 0.2) is 0 Å². The molecule has 0 aliphatic carbocycles. The van der Waals surface area contributed by atoms with E-state index in [1.165, 1.54) is 5.56 Å². The van der Waals surface area contributed by atoms with Gasteiger partial charge in [-0.2, -0.15) is 0 Å². The summed E-state index contributed by atoms with van der Waals surface area (Å²) in [4.78, 5) is 0. The van der Waals surface area contributed by atoms with Crippen molar-refractivity contribution in [2.45, 2.75) is 13.8 Å². The van der Waals surface area contributed by atoms with Crippen LogP contribution in [0.1, 0.15) is 11.1 Å². The van der Waals surface area contributed by atoms with Crippen molar-refractivity contribution in [1.82, 2.24) is 0 Å². The zero-order valence-corrected chi connectivity index (χ0v) is 13.7. The standard InChI is InChI=1S/2C7H9N.C6H7N/c1-6-2-4-7(8)5-3-6;1-6-4-2-3-5-7(6)8;7-6-4-2-1-3-5-6/h2*2-5H,8H2,1H3;1-5H,7H2. The van der Waals surface area contributed by atoms with Crippen molar-refractivity contribution in [3.05, 3.63) is 90.0 Å². The summed E-state index contributed by atoms with van der Waals surface area (Å²) < 4.78 is 0. The topological polar surface area (TPSA) is 78.1 Å². The number of rotatable bonds is 0. The fourth-order valence-corrected chi connectivity index (χ4v) is 1.61. The Morgan fingerprint density at radius 2 is 1.00 bits per heavy atom. The minimum absolute atomic E-state index is 0.822. The van der Waals surface area contributed by atoms with Gasteiger partial charge >= 0.3 is 0 Å². The van der Waals surface area contributed by atoms with Gasteiger partial charge in [0.2, 0.25) is 0 Å². The monoisotopic (exact) mass is 307 g/mol. The Morgan fingerprint density at radius 1 is 0.522 bits per heavy atom. The summed E-state index contributed by atoms with van der Waals surface area (Å²) in [5.41, 5.74) is 21.2. The molecule has 0 unspecified atom stereocenters. The van der Waals surface area contributed by atoms with Crippen LogP contribution in [-0.4, -0.2) is 0 Å². The van der Waals surface area contributed by atoms with E-state index in [-0.39, 0.29) is 0 Å². The second-order valence-corrected chi connectivity index (χ2v) is 5.18. The van der Waals surface area contributed by atoms with Crippen molar-refractivity contribution in [3.8, 4) is 0 Å². The third-order valence-corrected chi connectivity index (χ3v) is 3.07. The van der Waals surface area contributed by atoms with Crippen LogP contribution in [0.5, 0.6) is 0 Å². The summed E-state index contributed by atoms with van der Waals surface area (Å²) in [6.07, 6.45) is 0. The highest BCUT2D eigenvalue weighted by molar-refractivity contribution is 5.45. The van der Waals surface area contributed by atoms with Gasteiger partial charge in [0.1, 0.15) is 0 Å². The van der Waals surface area contributed by atoms with Gasteiger partial charge in [0.25, 0.3) is 0 Å². The molecule has 0 saturated heterocycles. The molecule has 6 N–H and O–H groups in total. The van der Waals surface area contributed by atoms with Crippen LogP contribution in [-0.2, 0) is 0 Å². The normalized spacial score (nSPS) is 8.96. The average Bonchev–Trinajstić information content (AvgIpc) is 2.55. The molecular weight excluding hydrogens is 282 g/mol. The van der Waals surface area contributed by atoms with Gasteiger partial charge < -0.3 is 17.2 Å². The zero-order valence-electron chi connectivity index (χ0n) is 13.7. The van der Waals surface area contributed by atoms with Crippen LogP contribution in [0, 0.1) is 13.8 Å². The van der Waals surface area contributed by atoms with Gasteiger partial charge in [0.05, 0.1) is 0 Å². The summed E-state index contributed by atoms with van der Waals surface area (Å²) in [7, 11) is 0. The third kappa shape index (κ3) is 8.17. The molecule has 3 aromatic rings. The van der Waals surface area contributed by atoms with Gasteiger partial charge in [-0.3, -0.25) is 0 Å². The van der Waals surface area contributed by atoms with Crippen LogP contribution >= 0.6 is 0 Å². The molecule has 0 fully saturated rings. The largest absolute Gasteiger partial charge is 0.399 e. The Labute approximate surface area is 138 Å². The Morgan fingerprint density at radius 3 is 1.35 bits per heavy atom. The van der Waals surface area contributed by atoms with Crippen molar-refractivity contribution in [2.24, 2.45) is 0 Å². The molecule has 0 atom stereocenters. The number of hydrogen-bond acceptors (Lipinski definition) is 3. The first-order chi connectivity index (χ1) is 11.0. The van der Waals surface area contributed by atoms with E-state index in [0.29, 0.717) is 0 Å². The molecule has 3 aromatic carbocycles. The molecule has 3 nitrogen and oxygen atoms in total. The number of aryl methyl sites for hydroxylation is 2. The predicted octanol–water partition coefficient (Wildman–Crippen LogP) is 4.42. The second kappa shape index (κ2) is 9.90. The molecule has 0 radical (unpaired) electrons. The molecule has 0 aliphatic heterocycles. The molecule has 120 valence electrons. The Kier molecular flexibility index (Phi) is 7.79. The van der Waals surface area contributed by atoms with Crippen LogP contribution in [0.3, 0.4) is 0 Å². The molecule has 3 rings (SSSR count). The first-order valence-corrected chi connectivity index (χ1v) is 7.43. The second-order valence-electron chi connectivity index (χ2n) is 5.18. The number of benzene rings is 3. The summed E-state index contributed by atoms with van der Waals surface area (Å²) >= 11 is 0. The van der Waals surface area contributed by atoms with E-state index >= 15 is 0 Å². The van der Waals surface area contributed by atoms with Crippen LogP contribution < -0.4 is 17.2 Å². The lowest BCUT2D eigenvalue weighted by molar-refractivity contribution is 1.47. The fourth-order valence-electron chi connectivity index (χ4n) is 1.61. The first-order valence-electron chi connectivity index (χ1n) is 7.43. The number of anilines is 3. The summed E-state index contributed by atoms with van der Waals surface area (Å²) in [5.74, 6) is 0. The lowest BCUT2D eigenvalue weighted by Crippen LogP contribution is -1.85. The van der Waals surface area contributed by atoms with Crippen molar-refractivity contribution < 1.29 is 0 Å². The van der Waals surface area contributed by atoms with Gasteiger partial charge in [-0.05, 0) is 49.7 Å². The molecule has 0 spiro atoms. The molecule has 0 bridgehead atoms.